The number of thioether (sulfide) groups is 1. The van der Waals surface area contributed by atoms with Crippen molar-refractivity contribution in [2.75, 3.05) is 5.75 Å². The average molecular weight is 666 g/mol. The molecule has 1 aromatic heterocycles. The van der Waals surface area contributed by atoms with Gasteiger partial charge in [0, 0.05) is 27.9 Å². The maximum Gasteiger partial charge on any atom is 0.257 e. The van der Waals surface area contributed by atoms with Crippen molar-refractivity contribution in [1.29, 1.82) is 0 Å². The molecule has 2 aromatic carbocycles. The lowest BCUT2D eigenvalue weighted by Gasteiger charge is -2.59. The van der Waals surface area contributed by atoms with Gasteiger partial charge in [-0.05, 0) is 56.1 Å². The van der Waals surface area contributed by atoms with Gasteiger partial charge in [0.2, 0.25) is 0 Å². The van der Waals surface area contributed by atoms with Crippen molar-refractivity contribution in [2.24, 2.45) is 28.6 Å². The first-order valence-electron chi connectivity index (χ1n) is 17.4. The number of hydrogen-bond donors (Lipinski definition) is 1. The summed E-state index contributed by atoms with van der Waals surface area (Å²) in [7, 11) is 0. The summed E-state index contributed by atoms with van der Waals surface area (Å²) in [4.78, 5) is 32.0. The standard InChI is InChI=1S/C40H43NO6S/c1-4-11-33-45-32-21-29-28-17-16-26-20-27(42)18-19-38(26,2)34(28)30(43)22-39(29,3)40(32,47-33)31(44)23-48-37-41-35(24-12-7-5-8-13-24)36(46-37)25-14-9-6-10-15-25/h5-10,12-15,18-20,28-30,32-34,43H,4,11,16-17,21-23H2,1-3H3/t28?,29?,30?,32-,33-,34?,38?,39?,40-/m1/s1. The molecule has 1 saturated heterocycles. The SMILES string of the molecule is CCC[C@@H]1O[C@@H]2CC3C4CCC5=CC(=O)C=CC5(C)C4C(O)CC3(C)[C@]2(C(=O)CSc2nc(-c3ccccc3)c(-c3ccccc3)o2)O1. The van der Waals surface area contributed by atoms with Gasteiger partial charge in [-0.1, -0.05) is 111 Å². The largest absolute Gasteiger partial charge is 0.431 e. The number of fused-ring (bicyclic) bond motifs is 7. The second-order valence-corrected chi connectivity index (χ2v) is 15.7. The van der Waals surface area contributed by atoms with E-state index < -0.39 is 23.4 Å². The van der Waals surface area contributed by atoms with Crippen molar-refractivity contribution in [2.45, 2.75) is 88.6 Å². The molecule has 0 radical (unpaired) electrons. The molecule has 2 heterocycles. The third-order valence-electron chi connectivity index (χ3n) is 12.2. The zero-order valence-corrected chi connectivity index (χ0v) is 28.6. The average Bonchev–Trinajstić information content (AvgIpc) is 3.75. The number of rotatable bonds is 8. The summed E-state index contributed by atoms with van der Waals surface area (Å²) in [6.45, 7) is 6.43. The number of carbonyl (C=O) groups is 2. The van der Waals surface area contributed by atoms with Crippen molar-refractivity contribution in [3.05, 3.63) is 84.5 Å². The van der Waals surface area contributed by atoms with Crippen LogP contribution in [0.25, 0.3) is 22.6 Å². The van der Waals surface area contributed by atoms with Gasteiger partial charge in [0.1, 0.15) is 5.69 Å². The van der Waals surface area contributed by atoms with Crippen LogP contribution < -0.4 is 0 Å². The second kappa shape index (κ2) is 11.9. The van der Waals surface area contributed by atoms with Crippen LogP contribution in [0.4, 0.5) is 0 Å². The van der Waals surface area contributed by atoms with Crippen molar-refractivity contribution < 1.29 is 28.6 Å². The molecular formula is C40H43NO6S. The van der Waals surface area contributed by atoms with Crippen LogP contribution in [0.15, 0.2) is 94.1 Å². The Kier molecular flexibility index (Phi) is 7.94. The van der Waals surface area contributed by atoms with E-state index >= 15 is 0 Å². The highest BCUT2D eigenvalue weighted by Crippen LogP contribution is 2.70. The van der Waals surface area contributed by atoms with E-state index in [4.69, 9.17) is 18.9 Å². The first kappa shape index (κ1) is 31.9. The number of Topliss-reactive ketones (excluding diaryl/α,β-unsaturated/α-hetero) is 1. The zero-order valence-electron chi connectivity index (χ0n) is 27.8. The molecule has 1 N–H and O–H groups in total. The number of oxazole rings is 1. The molecule has 8 rings (SSSR count). The minimum Gasteiger partial charge on any atom is -0.431 e. The monoisotopic (exact) mass is 665 g/mol. The van der Waals surface area contributed by atoms with Crippen molar-refractivity contribution >= 4 is 23.3 Å². The molecule has 0 amide bonds. The minimum absolute atomic E-state index is 0.0232. The van der Waals surface area contributed by atoms with Crippen molar-refractivity contribution in [3.8, 4) is 22.6 Å². The normalized spacial score (nSPS) is 36.6. The van der Waals surface area contributed by atoms with Crippen LogP contribution in [-0.2, 0) is 19.1 Å². The highest BCUT2D eigenvalue weighted by molar-refractivity contribution is 7.99. The molecular weight excluding hydrogens is 623 g/mol. The summed E-state index contributed by atoms with van der Waals surface area (Å²) in [6, 6.07) is 19.9. The molecule has 0 bridgehead atoms. The Hall–Kier alpha value is -3.30. The number of nitrogens with zero attached hydrogens (tertiary/aromatic N) is 1. The van der Waals surface area contributed by atoms with Gasteiger partial charge in [-0.25, -0.2) is 4.98 Å². The van der Waals surface area contributed by atoms with Gasteiger partial charge in [0.15, 0.2) is 29.2 Å². The van der Waals surface area contributed by atoms with E-state index in [2.05, 4.69) is 20.8 Å². The topological polar surface area (TPSA) is 98.9 Å². The fourth-order valence-corrected chi connectivity index (χ4v) is 10.9. The second-order valence-electron chi connectivity index (χ2n) is 14.7. The number of hydrogen-bond acceptors (Lipinski definition) is 8. The van der Waals surface area contributed by atoms with Gasteiger partial charge in [-0.3, -0.25) is 9.59 Å². The molecule has 6 unspecified atom stereocenters. The Bertz CT molecular complexity index is 1730. The summed E-state index contributed by atoms with van der Waals surface area (Å²) in [5.41, 5.74) is 1.54. The highest BCUT2D eigenvalue weighted by Gasteiger charge is 2.75. The molecule has 3 saturated carbocycles. The summed E-state index contributed by atoms with van der Waals surface area (Å²) < 4.78 is 19.9. The maximum absolute atomic E-state index is 14.8. The van der Waals surface area contributed by atoms with Crippen LogP contribution in [0.5, 0.6) is 0 Å². The van der Waals surface area contributed by atoms with E-state index in [1.54, 1.807) is 12.2 Å². The van der Waals surface area contributed by atoms with Crippen LogP contribution in [0.1, 0.15) is 59.3 Å². The lowest BCUT2D eigenvalue weighted by atomic mass is 9.46. The molecule has 4 aliphatic carbocycles. The zero-order chi connectivity index (χ0) is 33.3. The van der Waals surface area contributed by atoms with E-state index in [9.17, 15) is 14.7 Å². The number of aliphatic hydroxyl groups excluding tert-OH is 1. The van der Waals surface area contributed by atoms with Gasteiger partial charge in [-0.2, -0.15) is 0 Å². The smallest absolute Gasteiger partial charge is 0.257 e. The van der Waals surface area contributed by atoms with Gasteiger partial charge in [-0.15, -0.1) is 0 Å². The third kappa shape index (κ3) is 4.77. The summed E-state index contributed by atoms with van der Waals surface area (Å²) >= 11 is 1.30. The Morgan fingerprint density at radius 3 is 2.52 bits per heavy atom. The molecule has 7 nitrogen and oxygen atoms in total. The molecule has 3 aromatic rings. The van der Waals surface area contributed by atoms with Crippen LogP contribution >= 0.6 is 11.8 Å². The van der Waals surface area contributed by atoms with Gasteiger partial charge in [0.25, 0.3) is 5.22 Å². The van der Waals surface area contributed by atoms with Gasteiger partial charge < -0.3 is 19.0 Å². The predicted molar refractivity (Wildman–Crippen MR) is 184 cm³/mol. The van der Waals surface area contributed by atoms with Crippen molar-refractivity contribution in [1.82, 2.24) is 4.98 Å². The Labute approximate surface area is 286 Å². The number of ether oxygens (including phenoxy) is 2. The molecule has 48 heavy (non-hydrogen) atoms. The number of carbonyl (C=O) groups excluding carboxylic acids is 2. The van der Waals surface area contributed by atoms with Gasteiger partial charge >= 0.3 is 0 Å². The van der Waals surface area contributed by atoms with E-state index in [1.165, 1.54) is 11.8 Å². The predicted octanol–water partition coefficient (Wildman–Crippen LogP) is 7.84. The summed E-state index contributed by atoms with van der Waals surface area (Å²) in [6.07, 6.45) is 8.39. The van der Waals surface area contributed by atoms with E-state index in [1.807, 2.05) is 66.7 Å². The first-order chi connectivity index (χ1) is 23.2. The van der Waals surface area contributed by atoms with E-state index in [0.717, 1.165) is 41.7 Å². The molecule has 5 aliphatic rings. The maximum atomic E-state index is 14.8. The molecule has 8 heteroatoms. The van der Waals surface area contributed by atoms with Crippen LogP contribution in [0, 0.1) is 28.6 Å². The lowest BCUT2D eigenvalue weighted by molar-refractivity contribution is -0.197. The lowest BCUT2D eigenvalue weighted by Crippen LogP contribution is -2.63. The Morgan fingerprint density at radius 2 is 1.79 bits per heavy atom. The number of ketones is 2. The third-order valence-corrected chi connectivity index (χ3v) is 13.1. The number of aliphatic hydroxyl groups is 1. The Balaban J connectivity index is 1.11. The molecule has 250 valence electrons. The highest BCUT2D eigenvalue weighted by atomic mass is 32.2. The first-order valence-corrected chi connectivity index (χ1v) is 18.4. The van der Waals surface area contributed by atoms with Crippen LogP contribution in [-0.4, -0.2) is 51.5 Å². The van der Waals surface area contributed by atoms with E-state index in [-0.39, 0.29) is 46.6 Å². The van der Waals surface area contributed by atoms with E-state index in [0.29, 0.717) is 30.2 Å². The molecule has 1 aliphatic heterocycles. The fourth-order valence-electron chi connectivity index (χ4n) is 10.2. The quantitative estimate of drug-likeness (QED) is 0.243. The molecule has 9 atom stereocenters. The Morgan fingerprint density at radius 1 is 1.06 bits per heavy atom. The van der Waals surface area contributed by atoms with Crippen LogP contribution in [0.3, 0.4) is 0 Å². The van der Waals surface area contributed by atoms with Crippen molar-refractivity contribution in [3.63, 3.8) is 0 Å². The van der Waals surface area contributed by atoms with Crippen LogP contribution in [0.2, 0.25) is 0 Å². The number of aromatic nitrogens is 1. The summed E-state index contributed by atoms with van der Waals surface area (Å²) in [5.74, 6) is 1.05. The summed E-state index contributed by atoms with van der Waals surface area (Å²) in [5, 5.41) is 12.5. The minimum atomic E-state index is -1.18. The molecule has 0 spiro atoms. The molecule has 4 fully saturated rings. The number of benzene rings is 2. The van der Waals surface area contributed by atoms with Gasteiger partial charge in [0.05, 0.1) is 18.0 Å². The fraction of sp³-hybridized carbons (Fsp3) is 0.475. The number of allylic oxidation sites excluding steroid dienone is 4.